The molecule has 3 nitrogen and oxygen atoms in total. The Morgan fingerprint density at radius 3 is 2.50 bits per heavy atom. The van der Waals surface area contributed by atoms with E-state index in [1.54, 1.807) is 7.11 Å². The zero-order chi connectivity index (χ0) is 16.9. The fourth-order valence-electron chi connectivity index (χ4n) is 2.16. The SMILES string of the molecule is COc1ccc(-c2csc(/C(C#N)=C/c3ccc(Br)cc3)n2)cc1. The zero-order valence-corrected chi connectivity index (χ0v) is 15.3. The molecule has 1 aromatic heterocycles. The fraction of sp³-hybridized carbons (Fsp3) is 0.0526. The Morgan fingerprint density at radius 1 is 1.17 bits per heavy atom. The van der Waals surface area contributed by atoms with E-state index in [1.807, 2.05) is 60.0 Å². The summed E-state index contributed by atoms with van der Waals surface area (Å²) >= 11 is 4.88. The van der Waals surface area contributed by atoms with Crippen LogP contribution in [0.3, 0.4) is 0 Å². The van der Waals surface area contributed by atoms with Gasteiger partial charge in [-0.1, -0.05) is 28.1 Å². The maximum absolute atomic E-state index is 9.47. The second kappa shape index (κ2) is 7.43. The molecule has 5 heteroatoms. The Hall–Kier alpha value is -2.42. The molecule has 0 amide bonds. The minimum atomic E-state index is 0.557. The Balaban J connectivity index is 1.90. The second-order valence-corrected chi connectivity index (χ2v) is 6.76. The highest BCUT2D eigenvalue weighted by Crippen LogP contribution is 2.28. The standard InChI is InChI=1S/C19H13BrN2OS/c1-23-17-8-4-14(5-9-17)18-12-24-19(22-18)15(11-21)10-13-2-6-16(20)7-3-13/h2-10,12H,1H3/b15-10+. The minimum absolute atomic E-state index is 0.557. The molecule has 0 aliphatic heterocycles. The number of thiazole rings is 1. The maximum Gasteiger partial charge on any atom is 0.134 e. The molecule has 3 aromatic rings. The van der Waals surface area contributed by atoms with Gasteiger partial charge in [0.25, 0.3) is 0 Å². The van der Waals surface area contributed by atoms with Gasteiger partial charge in [-0.3, -0.25) is 0 Å². The predicted octanol–water partition coefficient (Wildman–Crippen LogP) is 5.65. The summed E-state index contributed by atoms with van der Waals surface area (Å²) in [4.78, 5) is 4.60. The maximum atomic E-state index is 9.47. The summed E-state index contributed by atoms with van der Waals surface area (Å²) in [5, 5.41) is 12.1. The van der Waals surface area contributed by atoms with Crippen molar-refractivity contribution in [3.63, 3.8) is 0 Å². The first-order chi connectivity index (χ1) is 11.7. The van der Waals surface area contributed by atoms with E-state index >= 15 is 0 Å². The molecule has 0 spiro atoms. The van der Waals surface area contributed by atoms with Crippen molar-refractivity contribution in [3.8, 4) is 23.1 Å². The number of methoxy groups -OCH3 is 1. The van der Waals surface area contributed by atoms with Crippen LogP contribution in [0.2, 0.25) is 0 Å². The molecule has 3 rings (SSSR count). The zero-order valence-electron chi connectivity index (χ0n) is 12.9. The first-order valence-electron chi connectivity index (χ1n) is 7.17. The first kappa shape index (κ1) is 16.4. The van der Waals surface area contributed by atoms with Crippen molar-refractivity contribution in [3.05, 3.63) is 69.0 Å². The highest BCUT2D eigenvalue weighted by molar-refractivity contribution is 9.10. The van der Waals surface area contributed by atoms with Crippen molar-refractivity contribution in [2.24, 2.45) is 0 Å². The lowest BCUT2D eigenvalue weighted by atomic mass is 10.1. The first-order valence-corrected chi connectivity index (χ1v) is 8.84. The largest absolute Gasteiger partial charge is 0.497 e. The molecule has 118 valence electrons. The number of benzene rings is 2. The van der Waals surface area contributed by atoms with Crippen LogP contribution in [-0.2, 0) is 0 Å². The number of hydrogen-bond acceptors (Lipinski definition) is 4. The number of halogens is 1. The predicted molar refractivity (Wildman–Crippen MR) is 102 cm³/mol. The Bertz CT molecular complexity index is 906. The topological polar surface area (TPSA) is 45.9 Å². The van der Waals surface area contributed by atoms with E-state index < -0.39 is 0 Å². The highest BCUT2D eigenvalue weighted by atomic mass is 79.9. The van der Waals surface area contributed by atoms with Gasteiger partial charge in [0.1, 0.15) is 16.8 Å². The van der Waals surface area contributed by atoms with Crippen LogP contribution in [0.5, 0.6) is 5.75 Å². The monoisotopic (exact) mass is 396 g/mol. The molecule has 24 heavy (non-hydrogen) atoms. The Morgan fingerprint density at radius 2 is 1.88 bits per heavy atom. The van der Waals surface area contributed by atoms with Crippen molar-refractivity contribution in [1.29, 1.82) is 5.26 Å². The minimum Gasteiger partial charge on any atom is -0.497 e. The lowest BCUT2D eigenvalue weighted by Crippen LogP contribution is -1.84. The van der Waals surface area contributed by atoms with Gasteiger partial charge in [0.2, 0.25) is 0 Å². The number of nitriles is 1. The normalized spacial score (nSPS) is 11.1. The van der Waals surface area contributed by atoms with Crippen molar-refractivity contribution in [2.75, 3.05) is 7.11 Å². The summed E-state index contributed by atoms with van der Waals surface area (Å²) < 4.78 is 6.18. The number of aromatic nitrogens is 1. The van der Waals surface area contributed by atoms with Crippen molar-refractivity contribution in [2.45, 2.75) is 0 Å². The smallest absolute Gasteiger partial charge is 0.134 e. The summed E-state index contributed by atoms with van der Waals surface area (Å²) in [7, 11) is 1.64. The van der Waals surface area contributed by atoms with Gasteiger partial charge in [-0.2, -0.15) is 5.26 Å². The molecule has 0 aliphatic carbocycles. The summed E-state index contributed by atoms with van der Waals surface area (Å²) in [6.07, 6.45) is 1.85. The molecule has 0 unspecified atom stereocenters. The van der Waals surface area contributed by atoms with Crippen molar-refractivity contribution >= 4 is 38.9 Å². The number of allylic oxidation sites excluding steroid dienone is 1. The summed E-state index contributed by atoms with van der Waals surface area (Å²) in [6, 6.07) is 17.8. The third kappa shape index (κ3) is 3.73. The van der Waals surface area contributed by atoms with Gasteiger partial charge >= 0.3 is 0 Å². The molecule has 0 bridgehead atoms. The van der Waals surface area contributed by atoms with E-state index in [4.69, 9.17) is 4.74 Å². The van der Waals surface area contributed by atoms with E-state index in [2.05, 4.69) is 27.0 Å². The van der Waals surface area contributed by atoms with Crippen LogP contribution in [-0.4, -0.2) is 12.1 Å². The number of nitrogens with zero attached hydrogens (tertiary/aromatic N) is 2. The highest BCUT2D eigenvalue weighted by Gasteiger charge is 2.09. The lowest BCUT2D eigenvalue weighted by Gasteiger charge is -2.00. The van der Waals surface area contributed by atoms with Crippen LogP contribution in [0.15, 0.2) is 58.4 Å². The van der Waals surface area contributed by atoms with Gasteiger partial charge < -0.3 is 4.74 Å². The molecular formula is C19H13BrN2OS. The third-order valence-corrected chi connectivity index (χ3v) is 4.83. The average molecular weight is 397 g/mol. The van der Waals surface area contributed by atoms with Crippen LogP contribution in [0, 0.1) is 11.3 Å². The molecule has 0 saturated heterocycles. The van der Waals surface area contributed by atoms with E-state index in [9.17, 15) is 5.26 Å². The van der Waals surface area contributed by atoms with Crippen LogP contribution >= 0.6 is 27.3 Å². The van der Waals surface area contributed by atoms with Gasteiger partial charge in [0, 0.05) is 15.4 Å². The fourth-order valence-corrected chi connectivity index (χ4v) is 3.22. The van der Waals surface area contributed by atoms with E-state index in [-0.39, 0.29) is 0 Å². The van der Waals surface area contributed by atoms with Gasteiger partial charge in [-0.25, -0.2) is 4.98 Å². The molecule has 0 fully saturated rings. The van der Waals surface area contributed by atoms with Crippen LogP contribution < -0.4 is 4.74 Å². The Labute approximate surface area is 153 Å². The Kier molecular flexibility index (Phi) is 5.09. The lowest BCUT2D eigenvalue weighted by molar-refractivity contribution is 0.415. The second-order valence-electron chi connectivity index (χ2n) is 4.99. The molecule has 2 aromatic carbocycles. The summed E-state index contributed by atoms with van der Waals surface area (Å²) in [5.74, 6) is 0.807. The molecule has 1 heterocycles. The quantitative estimate of drug-likeness (QED) is 0.535. The van der Waals surface area contributed by atoms with Crippen LogP contribution in [0.25, 0.3) is 22.9 Å². The van der Waals surface area contributed by atoms with Gasteiger partial charge in [-0.15, -0.1) is 11.3 Å². The molecule has 0 aliphatic rings. The summed E-state index contributed by atoms with van der Waals surface area (Å²) in [6.45, 7) is 0. The molecule has 0 saturated carbocycles. The molecule has 0 N–H and O–H groups in total. The van der Waals surface area contributed by atoms with Crippen LogP contribution in [0.1, 0.15) is 10.6 Å². The van der Waals surface area contributed by atoms with E-state index in [1.165, 1.54) is 11.3 Å². The third-order valence-electron chi connectivity index (χ3n) is 3.42. The van der Waals surface area contributed by atoms with Gasteiger partial charge in [0.15, 0.2) is 0 Å². The number of ether oxygens (including phenoxy) is 1. The number of rotatable bonds is 4. The van der Waals surface area contributed by atoms with E-state index in [0.717, 1.165) is 27.0 Å². The van der Waals surface area contributed by atoms with Crippen molar-refractivity contribution < 1.29 is 4.74 Å². The molecule has 0 radical (unpaired) electrons. The van der Waals surface area contributed by atoms with Crippen LogP contribution in [0.4, 0.5) is 0 Å². The van der Waals surface area contributed by atoms with E-state index in [0.29, 0.717) is 10.6 Å². The molecular weight excluding hydrogens is 384 g/mol. The number of hydrogen-bond donors (Lipinski definition) is 0. The van der Waals surface area contributed by atoms with Gasteiger partial charge in [0.05, 0.1) is 18.4 Å². The molecule has 0 atom stereocenters. The van der Waals surface area contributed by atoms with Crippen molar-refractivity contribution in [1.82, 2.24) is 4.98 Å². The van der Waals surface area contributed by atoms with Gasteiger partial charge in [-0.05, 0) is 48.0 Å². The average Bonchev–Trinajstić information content (AvgIpc) is 3.11. The summed E-state index contributed by atoms with van der Waals surface area (Å²) in [5.41, 5.74) is 3.38.